The zero-order chi connectivity index (χ0) is 27.6. The topological polar surface area (TPSA) is 68.1 Å². The number of fused-ring (bicyclic) bond motifs is 1. The largest absolute Gasteiger partial charge is 0.418 e. The van der Waals surface area contributed by atoms with Crippen molar-refractivity contribution >= 4 is 22.3 Å². The first kappa shape index (κ1) is 25.8. The maximum atomic E-state index is 14.3. The summed E-state index contributed by atoms with van der Waals surface area (Å²) in [4.78, 5) is 14.7. The predicted molar refractivity (Wildman–Crippen MR) is 142 cm³/mol. The highest BCUT2D eigenvalue weighted by molar-refractivity contribution is 5.98. The van der Waals surface area contributed by atoms with Gasteiger partial charge in [-0.05, 0) is 52.9 Å². The van der Waals surface area contributed by atoms with Crippen molar-refractivity contribution in [2.45, 2.75) is 19.1 Å². The molecule has 1 heterocycles. The average Bonchev–Trinajstić information content (AvgIpc) is 2.92. The van der Waals surface area contributed by atoms with Crippen molar-refractivity contribution in [3.05, 3.63) is 135 Å². The molecule has 39 heavy (non-hydrogen) atoms. The Balaban J connectivity index is 1.58. The molecule has 1 N–H and O–H groups in total. The van der Waals surface area contributed by atoms with Gasteiger partial charge in [0.05, 0.1) is 16.0 Å². The zero-order valence-corrected chi connectivity index (χ0v) is 20.4. The summed E-state index contributed by atoms with van der Waals surface area (Å²) in [5.41, 5.74) is 2.48. The van der Waals surface area contributed by atoms with Crippen LogP contribution in [0, 0.1) is 15.9 Å². The number of alkyl halides is 3. The summed E-state index contributed by atoms with van der Waals surface area (Å²) in [5, 5.41) is 14.5. The number of benzene rings is 4. The van der Waals surface area contributed by atoms with Gasteiger partial charge in [0.15, 0.2) is 0 Å². The summed E-state index contributed by atoms with van der Waals surface area (Å²) in [6.07, 6.45) is -2.64. The number of pyridine rings is 1. The molecule has 0 aliphatic carbocycles. The number of hydrogen-bond acceptors (Lipinski definition) is 4. The van der Waals surface area contributed by atoms with Crippen molar-refractivity contribution in [2.24, 2.45) is 0 Å². The Bertz CT molecular complexity index is 1670. The molecule has 5 nitrogen and oxygen atoms in total. The number of anilines is 1. The van der Waals surface area contributed by atoms with Crippen molar-refractivity contribution < 1.29 is 22.5 Å². The SMILES string of the molecule is O=[N+]([O-])c1ccc(F)c(CNc2cccc(-c3c(Cc4ccccc4)cnc4c(C(F)(F)F)cccc34)c2)c1. The van der Waals surface area contributed by atoms with E-state index >= 15 is 0 Å². The minimum atomic E-state index is -4.57. The molecule has 0 atom stereocenters. The highest BCUT2D eigenvalue weighted by Gasteiger charge is 2.33. The van der Waals surface area contributed by atoms with E-state index in [0.29, 0.717) is 28.6 Å². The molecule has 0 aliphatic rings. The maximum absolute atomic E-state index is 14.3. The van der Waals surface area contributed by atoms with Crippen LogP contribution in [0.4, 0.5) is 28.9 Å². The average molecular weight is 532 g/mol. The fourth-order valence-corrected chi connectivity index (χ4v) is 4.58. The van der Waals surface area contributed by atoms with Gasteiger partial charge in [-0.25, -0.2) is 4.39 Å². The highest BCUT2D eigenvalue weighted by atomic mass is 19.4. The number of nitrogens with zero attached hydrogens (tertiary/aromatic N) is 2. The van der Waals surface area contributed by atoms with Crippen molar-refractivity contribution in [2.75, 3.05) is 5.32 Å². The quantitative estimate of drug-likeness (QED) is 0.131. The Kier molecular flexibility index (Phi) is 6.98. The molecule has 5 aromatic rings. The molecule has 0 saturated carbocycles. The van der Waals surface area contributed by atoms with Gasteiger partial charge in [0, 0.05) is 41.5 Å². The predicted octanol–water partition coefficient (Wildman–Crippen LogP) is 8.17. The number of nitrogens with one attached hydrogen (secondary N) is 1. The van der Waals surface area contributed by atoms with E-state index in [9.17, 15) is 27.7 Å². The molecule has 1 aromatic heterocycles. The van der Waals surface area contributed by atoms with Crippen LogP contribution < -0.4 is 5.32 Å². The molecule has 0 radical (unpaired) electrons. The van der Waals surface area contributed by atoms with Crippen LogP contribution in [0.3, 0.4) is 0 Å². The summed E-state index contributed by atoms with van der Waals surface area (Å²) in [6, 6.07) is 23.9. The first-order chi connectivity index (χ1) is 18.7. The van der Waals surface area contributed by atoms with Crippen LogP contribution in [0.2, 0.25) is 0 Å². The Labute approximate surface area is 220 Å². The molecule has 4 aromatic carbocycles. The lowest BCUT2D eigenvalue weighted by atomic mass is 9.91. The van der Waals surface area contributed by atoms with Crippen LogP contribution >= 0.6 is 0 Å². The Hall–Kier alpha value is -4.79. The van der Waals surface area contributed by atoms with Crippen LogP contribution in [-0.4, -0.2) is 9.91 Å². The smallest absolute Gasteiger partial charge is 0.381 e. The summed E-state index contributed by atoms with van der Waals surface area (Å²) >= 11 is 0. The second-order valence-electron chi connectivity index (χ2n) is 8.99. The number of non-ortho nitro benzene ring substituents is 1. The van der Waals surface area contributed by atoms with Gasteiger partial charge >= 0.3 is 6.18 Å². The number of nitro groups is 1. The zero-order valence-electron chi connectivity index (χ0n) is 20.4. The summed E-state index contributed by atoms with van der Waals surface area (Å²) < 4.78 is 55.7. The Morgan fingerprint density at radius 2 is 1.64 bits per heavy atom. The van der Waals surface area contributed by atoms with E-state index in [2.05, 4.69) is 10.3 Å². The molecule has 0 bridgehead atoms. The summed E-state index contributed by atoms with van der Waals surface area (Å²) in [5.74, 6) is -0.589. The van der Waals surface area contributed by atoms with Crippen LogP contribution in [0.5, 0.6) is 0 Å². The molecule has 9 heteroatoms. The van der Waals surface area contributed by atoms with Gasteiger partial charge in [-0.15, -0.1) is 0 Å². The van der Waals surface area contributed by atoms with Crippen LogP contribution in [0.1, 0.15) is 22.3 Å². The molecule has 0 amide bonds. The number of para-hydroxylation sites is 1. The number of rotatable bonds is 7. The van der Waals surface area contributed by atoms with E-state index in [4.69, 9.17) is 0 Å². The molecule has 0 spiro atoms. The van der Waals surface area contributed by atoms with Gasteiger partial charge in [0.2, 0.25) is 0 Å². The lowest BCUT2D eigenvalue weighted by molar-refractivity contribution is -0.385. The van der Waals surface area contributed by atoms with E-state index in [1.807, 2.05) is 30.3 Å². The first-order valence-electron chi connectivity index (χ1n) is 12.0. The van der Waals surface area contributed by atoms with Gasteiger partial charge < -0.3 is 5.32 Å². The van der Waals surface area contributed by atoms with E-state index in [-0.39, 0.29) is 23.3 Å². The number of halogens is 4. The number of nitro benzene ring substituents is 1. The summed E-state index contributed by atoms with van der Waals surface area (Å²) in [6.45, 7) is -0.0246. The van der Waals surface area contributed by atoms with Gasteiger partial charge in [-0.1, -0.05) is 54.6 Å². The third-order valence-corrected chi connectivity index (χ3v) is 6.39. The third kappa shape index (κ3) is 5.57. The first-order valence-corrected chi connectivity index (χ1v) is 12.0. The van der Waals surface area contributed by atoms with Gasteiger partial charge in [0.1, 0.15) is 5.82 Å². The normalized spacial score (nSPS) is 11.5. The monoisotopic (exact) mass is 531 g/mol. The van der Waals surface area contributed by atoms with Gasteiger partial charge in [-0.2, -0.15) is 13.2 Å². The standard InChI is InChI=1S/C30H21F4N3O2/c31-27-13-12-24(37(38)39)16-21(27)17-35-23-9-4-8-20(15-23)28-22(14-19-6-2-1-3-7-19)18-36-29-25(28)10-5-11-26(29)30(32,33)34/h1-13,15-16,18,35H,14,17H2. The molecule has 0 fully saturated rings. The number of hydrogen-bond donors (Lipinski definition) is 1. The maximum Gasteiger partial charge on any atom is 0.418 e. The molecule has 196 valence electrons. The lowest BCUT2D eigenvalue weighted by Gasteiger charge is -2.17. The second kappa shape index (κ2) is 10.5. The highest BCUT2D eigenvalue weighted by Crippen LogP contribution is 2.39. The van der Waals surface area contributed by atoms with E-state index in [1.54, 1.807) is 30.3 Å². The van der Waals surface area contributed by atoms with Gasteiger partial charge in [0.25, 0.3) is 5.69 Å². The molecule has 0 aliphatic heterocycles. The third-order valence-electron chi connectivity index (χ3n) is 6.39. The fraction of sp³-hybridized carbons (Fsp3) is 0.100. The summed E-state index contributed by atoms with van der Waals surface area (Å²) in [7, 11) is 0. The molecular weight excluding hydrogens is 510 g/mol. The molecule has 0 unspecified atom stereocenters. The van der Waals surface area contributed by atoms with E-state index in [1.165, 1.54) is 18.3 Å². The van der Waals surface area contributed by atoms with Crippen molar-refractivity contribution in [3.63, 3.8) is 0 Å². The number of aromatic nitrogens is 1. The lowest BCUT2D eigenvalue weighted by Crippen LogP contribution is -2.07. The Morgan fingerprint density at radius 1 is 0.872 bits per heavy atom. The van der Waals surface area contributed by atoms with Crippen LogP contribution in [-0.2, 0) is 19.1 Å². The molecular formula is C30H21F4N3O2. The molecule has 5 rings (SSSR count). The van der Waals surface area contributed by atoms with Crippen molar-refractivity contribution in [1.29, 1.82) is 0 Å². The minimum absolute atomic E-state index is 0.0246. The van der Waals surface area contributed by atoms with Crippen LogP contribution in [0.15, 0.2) is 97.2 Å². The van der Waals surface area contributed by atoms with E-state index < -0.39 is 22.5 Å². The molecule has 0 saturated heterocycles. The second-order valence-corrected chi connectivity index (χ2v) is 8.99. The van der Waals surface area contributed by atoms with E-state index in [0.717, 1.165) is 29.3 Å². The van der Waals surface area contributed by atoms with Crippen molar-refractivity contribution in [1.82, 2.24) is 4.98 Å². The fourth-order valence-electron chi connectivity index (χ4n) is 4.58. The minimum Gasteiger partial charge on any atom is -0.381 e. The Morgan fingerprint density at radius 3 is 2.38 bits per heavy atom. The van der Waals surface area contributed by atoms with Crippen LogP contribution in [0.25, 0.3) is 22.0 Å². The van der Waals surface area contributed by atoms with Gasteiger partial charge in [-0.3, -0.25) is 15.1 Å². The van der Waals surface area contributed by atoms with Crippen molar-refractivity contribution in [3.8, 4) is 11.1 Å².